The first-order valence-electron chi connectivity index (χ1n) is 9.76. The Morgan fingerprint density at radius 3 is 2.55 bits per heavy atom. The highest BCUT2D eigenvalue weighted by Crippen LogP contribution is 2.20. The summed E-state index contributed by atoms with van der Waals surface area (Å²) in [6.07, 6.45) is -0.347. The number of carbonyl (C=O) groups is 1. The fourth-order valence-corrected chi connectivity index (χ4v) is 2.35. The van der Waals surface area contributed by atoms with Crippen LogP contribution in [0.3, 0.4) is 0 Å². The van der Waals surface area contributed by atoms with Crippen LogP contribution >= 0.6 is 0 Å². The van der Waals surface area contributed by atoms with Crippen molar-refractivity contribution < 1.29 is 19.0 Å². The maximum atomic E-state index is 12.0. The number of benzene rings is 1. The van der Waals surface area contributed by atoms with Crippen molar-refractivity contribution in [2.45, 2.75) is 39.8 Å². The predicted octanol–water partition coefficient (Wildman–Crippen LogP) is 2.55. The normalized spacial score (nSPS) is 11.8. The second kappa shape index (κ2) is 12.2. The van der Waals surface area contributed by atoms with Gasteiger partial charge in [0, 0.05) is 46.4 Å². The maximum Gasteiger partial charge on any atom is 0.410 e. The van der Waals surface area contributed by atoms with Crippen LogP contribution in [0.25, 0.3) is 0 Å². The molecule has 0 unspecified atom stereocenters. The molecule has 1 amide bonds. The minimum absolute atomic E-state index is 0.347. The zero-order valence-corrected chi connectivity index (χ0v) is 18.8. The number of methoxy groups -OCH3 is 1. The van der Waals surface area contributed by atoms with Crippen molar-refractivity contribution in [3.8, 4) is 5.75 Å². The number of amides is 1. The molecule has 0 atom stereocenters. The van der Waals surface area contributed by atoms with Crippen molar-refractivity contribution in [1.82, 2.24) is 15.5 Å². The molecule has 0 aliphatic heterocycles. The quantitative estimate of drug-likeness (QED) is 0.371. The molecule has 29 heavy (non-hydrogen) atoms. The third kappa shape index (κ3) is 10.0. The first-order valence-corrected chi connectivity index (χ1v) is 9.76. The molecule has 0 saturated heterocycles. The molecule has 0 aromatic heterocycles. The Bertz CT molecular complexity index is 671. The van der Waals surface area contributed by atoms with Crippen LogP contribution in [0.5, 0.6) is 5.75 Å². The molecular formula is C21H36N4O4. The fourth-order valence-electron chi connectivity index (χ4n) is 2.35. The number of guanidine groups is 1. The van der Waals surface area contributed by atoms with Gasteiger partial charge in [-0.25, -0.2) is 4.79 Å². The lowest BCUT2D eigenvalue weighted by atomic mass is 10.1. The summed E-state index contributed by atoms with van der Waals surface area (Å²) in [5, 5.41) is 6.47. The van der Waals surface area contributed by atoms with Gasteiger partial charge in [-0.1, -0.05) is 12.1 Å². The summed E-state index contributed by atoms with van der Waals surface area (Å²) < 4.78 is 16.2. The van der Waals surface area contributed by atoms with Crippen molar-refractivity contribution in [2.24, 2.45) is 4.99 Å². The van der Waals surface area contributed by atoms with Crippen molar-refractivity contribution >= 4 is 12.1 Å². The lowest BCUT2D eigenvalue weighted by molar-refractivity contribution is 0.0302. The lowest BCUT2D eigenvalue weighted by Crippen LogP contribution is -2.42. The zero-order chi connectivity index (χ0) is 21.9. The van der Waals surface area contributed by atoms with Gasteiger partial charge in [-0.2, -0.15) is 0 Å². The largest absolute Gasteiger partial charge is 0.491 e. The molecule has 0 heterocycles. The highest BCUT2D eigenvalue weighted by Gasteiger charge is 2.19. The van der Waals surface area contributed by atoms with E-state index in [1.54, 1.807) is 21.2 Å². The average Bonchev–Trinajstić information content (AvgIpc) is 2.64. The summed E-state index contributed by atoms with van der Waals surface area (Å²) in [5.74, 6) is 1.47. The van der Waals surface area contributed by atoms with Gasteiger partial charge in [0.15, 0.2) is 5.96 Å². The highest BCUT2D eigenvalue weighted by molar-refractivity contribution is 5.79. The number of aryl methyl sites for hydroxylation is 1. The SMILES string of the molecule is CN=C(NCCN(C)C(=O)OC(C)(C)C)NCc1ccc(C)cc1OCCOC. The Morgan fingerprint density at radius 2 is 1.93 bits per heavy atom. The molecular weight excluding hydrogens is 372 g/mol. The van der Waals surface area contributed by atoms with Gasteiger partial charge in [0.05, 0.1) is 6.61 Å². The summed E-state index contributed by atoms with van der Waals surface area (Å²) >= 11 is 0. The third-order valence-corrected chi connectivity index (χ3v) is 3.88. The minimum atomic E-state index is -0.507. The average molecular weight is 409 g/mol. The number of nitrogens with one attached hydrogen (secondary N) is 2. The van der Waals surface area contributed by atoms with Crippen molar-refractivity contribution in [3.05, 3.63) is 29.3 Å². The van der Waals surface area contributed by atoms with Crippen LogP contribution in [0.4, 0.5) is 4.79 Å². The van der Waals surface area contributed by atoms with Crippen LogP contribution in [-0.4, -0.2) is 70.1 Å². The van der Waals surface area contributed by atoms with Gasteiger partial charge in [0.1, 0.15) is 18.0 Å². The Labute approximate surface area is 174 Å². The van der Waals surface area contributed by atoms with Crippen LogP contribution in [0.1, 0.15) is 31.9 Å². The predicted molar refractivity (Wildman–Crippen MR) is 116 cm³/mol. The second-order valence-corrected chi connectivity index (χ2v) is 7.71. The van der Waals surface area contributed by atoms with E-state index in [2.05, 4.69) is 15.6 Å². The number of rotatable bonds is 9. The topological polar surface area (TPSA) is 84.4 Å². The van der Waals surface area contributed by atoms with E-state index in [9.17, 15) is 4.79 Å². The summed E-state index contributed by atoms with van der Waals surface area (Å²) in [6.45, 7) is 10.2. The summed E-state index contributed by atoms with van der Waals surface area (Å²) in [7, 11) is 5.07. The zero-order valence-electron chi connectivity index (χ0n) is 18.8. The van der Waals surface area contributed by atoms with Gasteiger partial charge in [0.25, 0.3) is 0 Å². The van der Waals surface area contributed by atoms with E-state index < -0.39 is 5.60 Å². The molecule has 8 heteroatoms. The van der Waals surface area contributed by atoms with E-state index in [4.69, 9.17) is 14.2 Å². The van der Waals surface area contributed by atoms with Crippen LogP contribution in [-0.2, 0) is 16.0 Å². The van der Waals surface area contributed by atoms with Gasteiger partial charge in [-0.3, -0.25) is 4.99 Å². The molecule has 0 saturated carbocycles. The van der Waals surface area contributed by atoms with Gasteiger partial charge in [-0.05, 0) is 39.3 Å². The molecule has 1 rings (SSSR count). The van der Waals surface area contributed by atoms with Gasteiger partial charge in [0.2, 0.25) is 0 Å². The van der Waals surface area contributed by atoms with Gasteiger partial charge < -0.3 is 29.7 Å². The van der Waals surface area contributed by atoms with E-state index in [-0.39, 0.29) is 6.09 Å². The van der Waals surface area contributed by atoms with Crippen LogP contribution < -0.4 is 15.4 Å². The Kier molecular flexibility index (Phi) is 10.3. The van der Waals surface area contributed by atoms with E-state index in [1.807, 2.05) is 45.9 Å². The number of hydrogen-bond acceptors (Lipinski definition) is 5. The number of aliphatic imine (C=N–C) groups is 1. The molecule has 1 aromatic carbocycles. The van der Waals surface area contributed by atoms with Gasteiger partial charge >= 0.3 is 6.09 Å². The highest BCUT2D eigenvalue weighted by atomic mass is 16.6. The van der Waals surface area contributed by atoms with Crippen molar-refractivity contribution in [2.75, 3.05) is 47.5 Å². The van der Waals surface area contributed by atoms with E-state index >= 15 is 0 Å². The number of ether oxygens (including phenoxy) is 3. The Balaban J connectivity index is 2.51. The molecule has 2 N–H and O–H groups in total. The Morgan fingerprint density at radius 1 is 1.21 bits per heavy atom. The van der Waals surface area contributed by atoms with Crippen LogP contribution in [0.2, 0.25) is 0 Å². The third-order valence-electron chi connectivity index (χ3n) is 3.88. The van der Waals surface area contributed by atoms with Crippen LogP contribution in [0, 0.1) is 6.92 Å². The summed E-state index contributed by atoms with van der Waals surface area (Å²) in [5.41, 5.74) is 1.65. The number of nitrogens with zero attached hydrogens (tertiary/aromatic N) is 2. The number of carbonyl (C=O) groups excluding carboxylic acids is 1. The molecule has 0 aliphatic carbocycles. The summed E-state index contributed by atoms with van der Waals surface area (Å²) in [4.78, 5) is 17.8. The fraction of sp³-hybridized carbons (Fsp3) is 0.619. The van der Waals surface area contributed by atoms with Crippen molar-refractivity contribution in [1.29, 1.82) is 0 Å². The first kappa shape index (κ1) is 24.6. The van der Waals surface area contributed by atoms with Gasteiger partial charge in [-0.15, -0.1) is 0 Å². The number of likely N-dealkylation sites (N-methyl/N-ethyl adjacent to an activating group) is 1. The lowest BCUT2D eigenvalue weighted by Gasteiger charge is -2.25. The molecule has 1 aromatic rings. The molecule has 8 nitrogen and oxygen atoms in total. The van der Waals surface area contributed by atoms with Crippen LogP contribution in [0.15, 0.2) is 23.2 Å². The smallest absolute Gasteiger partial charge is 0.410 e. The molecule has 0 aliphatic rings. The first-order chi connectivity index (χ1) is 13.7. The monoisotopic (exact) mass is 408 g/mol. The van der Waals surface area contributed by atoms with E-state index in [0.717, 1.165) is 16.9 Å². The number of hydrogen-bond donors (Lipinski definition) is 2. The molecule has 0 radical (unpaired) electrons. The second-order valence-electron chi connectivity index (χ2n) is 7.71. The van der Waals surface area contributed by atoms with E-state index in [1.165, 1.54) is 4.90 Å². The standard InChI is InChI=1S/C21H36N4O4/c1-16-8-9-17(18(14-16)28-13-12-27-7)15-24-19(22-5)23-10-11-25(6)20(26)29-21(2,3)4/h8-9,14H,10-13,15H2,1-7H3,(H2,22,23,24). The molecule has 0 bridgehead atoms. The molecule has 0 spiro atoms. The molecule has 164 valence electrons. The minimum Gasteiger partial charge on any atom is -0.491 e. The van der Waals surface area contributed by atoms with E-state index in [0.29, 0.717) is 38.8 Å². The van der Waals surface area contributed by atoms with Crippen molar-refractivity contribution in [3.63, 3.8) is 0 Å². The summed E-state index contributed by atoms with van der Waals surface area (Å²) in [6, 6.07) is 6.10. The maximum absolute atomic E-state index is 12.0. The Hall–Kier alpha value is -2.48. The molecule has 0 fully saturated rings.